The number of halogens is 1. The highest BCUT2D eigenvalue weighted by atomic mass is 32.2. The molecule has 0 atom stereocenters. The summed E-state index contributed by atoms with van der Waals surface area (Å²) in [5.74, 6) is -2.47. The zero-order chi connectivity index (χ0) is 15.6. The highest BCUT2D eigenvalue weighted by molar-refractivity contribution is 7.99. The van der Waals surface area contributed by atoms with E-state index in [1.807, 2.05) is 0 Å². The fourth-order valence-electron chi connectivity index (χ4n) is 1.51. The first kappa shape index (κ1) is 14.9. The van der Waals surface area contributed by atoms with Gasteiger partial charge in [-0.1, -0.05) is 0 Å². The summed E-state index contributed by atoms with van der Waals surface area (Å²) in [5, 5.41) is 19.6. The number of nitro benzene ring substituents is 1. The van der Waals surface area contributed by atoms with Crippen LogP contribution in [0.3, 0.4) is 0 Å². The first-order chi connectivity index (χ1) is 9.92. The first-order valence-corrected chi connectivity index (χ1v) is 6.27. The van der Waals surface area contributed by atoms with Crippen LogP contribution in [0.25, 0.3) is 0 Å². The van der Waals surface area contributed by atoms with Gasteiger partial charge in [0.05, 0.1) is 23.0 Å². The molecule has 9 heteroatoms. The normalized spacial score (nSPS) is 10.4. The quantitative estimate of drug-likeness (QED) is 0.667. The number of nitro groups is 1. The minimum atomic E-state index is -1.25. The average Bonchev–Trinajstić information content (AvgIpc) is 2.89. The Balaban J connectivity index is 2.35. The molecule has 0 aliphatic carbocycles. The zero-order valence-electron chi connectivity index (χ0n) is 10.5. The Morgan fingerprint density at radius 2 is 2.19 bits per heavy atom. The molecule has 0 saturated carbocycles. The fraction of sp³-hybridized carbons (Fsp3) is 0.0833. The van der Waals surface area contributed by atoms with E-state index in [0.29, 0.717) is 0 Å². The Morgan fingerprint density at radius 3 is 2.71 bits per heavy atom. The summed E-state index contributed by atoms with van der Waals surface area (Å²) in [5.41, 5.74) is -0.495. The lowest BCUT2D eigenvalue weighted by Crippen LogP contribution is -1.96. The molecule has 0 aliphatic rings. The van der Waals surface area contributed by atoms with Crippen LogP contribution >= 0.6 is 11.8 Å². The molecule has 0 spiro atoms. The molecule has 0 radical (unpaired) electrons. The molecule has 110 valence electrons. The Kier molecular flexibility index (Phi) is 4.13. The minimum Gasteiger partial charge on any atom is -0.490 e. The molecule has 0 aliphatic heterocycles. The van der Waals surface area contributed by atoms with Crippen molar-refractivity contribution in [2.75, 3.05) is 7.11 Å². The number of carbonyl (C=O) groups is 1. The van der Waals surface area contributed by atoms with Crippen LogP contribution in [0.4, 0.5) is 10.1 Å². The third-order valence-corrected chi connectivity index (χ3v) is 3.39. The Bertz CT molecular complexity index is 714. The van der Waals surface area contributed by atoms with E-state index in [9.17, 15) is 19.3 Å². The van der Waals surface area contributed by atoms with Crippen LogP contribution < -0.4 is 4.74 Å². The van der Waals surface area contributed by atoms with Crippen molar-refractivity contribution in [3.63, 3.8) is 0 Å². The van der Waals surface area contributed by atoms with Gasteiger partial charge in [0.2, 0.25) is 5.76 Å². The Morgan fingerprint density at radius 1 is 1.48 bits per heavy atom. The maximum absolute atomic E-state index is 13.8. The van der Waals surface area contributed by atoms with Gasteiger partial charge in [0.25, 0.3) is 0 Å². The molecule has 1 aromatic carbocycles. The molecular formula is C12H8FNO6S. The van der Waals surface area contributed by atoms with Crippen LogP contribution in [0.1, 0.15) is 10.6 Å². The van der Waals surface area contributed by atoms with Crippen LogP contribution in [0.15, 0.2) is 38.7 Å². The van der Waals surface area contributed by atoms with E-state index in [-0.39, 0.29) is 21.5 Å². The molecule has 2 rings (SSSR count). The van der Waals surface area contributed by atoms with Gasteiger partial charge in [-0.15, -0.1) is 0 Å². The van der Waals surface area contributed by atoms with Gasteiger partial charge in [-0.2, -0.15) is 0 Å². The predicted molar refractivity (Wildman–Crippen MR) is 69.4 cm³/mol. The molecule has 21 heavy (non-hydrogen) atoms. The highest BCUT2D eigenvalue weighted by Crippen LogP contribution is 2.37. The number of ether oxygens (including phenoxy) is 1. The molecule has 1 aromatic heterocycles. The molecule has 7 nitrogen and oxygen atoms in total. The standard InChI is InChI=1S/C12H8FNO6S/c1-19-9-5-10(6(13)4-7(9)14(17)18)21-11-3-2-8(20-11)12(15)16/h2-5H,1H3,(H,15,16). The summed E-state index contributed by atoms with van der Waals surface area (Å²) in [6, 6.07) is 4.48. The Labute approximate surface area is 121 Å². The summed E-state index contributed by atoms with van der Waals surface area (Å²) in [6.07, 6.45) is 0. The molecular weight excluding hydrogens is 305 g/mol. The van der Waals surface area contributed by atoms with Gasteiger partial charge in [0.1, 0.15) is 5.82 Å². The van der Waals surface area contributed by atoms with Crippen molar-refractivity contribution in [1.29, 1.82) is 0 Å². The number of rotatable bonds is 5. The van der Waals surface area contributed by atoms with Gasteiger partial charge < -0.3 is 14.3 Å². The number of nitrogens with zero attached hydrogens (tertiary/aromatic N) is 1. The predicted octanol–water partition coefficient (Wildman–Crippen LogP) is 3.18. The summed E-state index contributed by atoms with van der Waals surface area (Å²) < 4.78 is 23.7. The van der Waals surface area contributed by atoms with E-state index in [2.05, 4.69) is 0 Å². The van der Waals surface area contributed by atoms with Crippen molar-refractivity contribution < 1.29 is 28.4 Å². The van der Waals surface area contributed by atoms with Crippen molar-refractivity contribution in [3.8, 4) is 5.75 Å². The van der Waals surface area contributed by atoms with Crippen molar-refractivity contribution in [3.05, 3.63) is 46.0 Å². The van der Waals surface area contributed by atoms with Crippen LogP contribution in [0.5, 0.6) is 5.75 Å². The van der Waals surface area contributed by atoms with E-state index in [0.717, 1.165) is 23.9 Å². The average molecular weight is 313 g/mol. The minimum absolute atomic E-state index is 0.0174. The van der Waals surface area contributed by atoms with Crippen LogP contribution in [-0.4, -0.2) is 23.1 Å². The molecule has 1 heterocycles. The molecule has 0 saturated heterocycles. The van der Waals surface area contributed by atoms with Gasteiger partial charge >= 0.3 is 11.7 Å². The van der Waals surface area contributed by atoms with Crippen LogP contribution in [0.2, 0.25) is 0 Å². The summed E-state index contributed by atoms with van der Waals surface area (Å²) in [6.45, 7) is 0. The van der Waals surface area contributed by atoms with E-state index in [4.69, 9.17) is 14.3 Å². The number of hydrogen-bond acceptors (Lipinski definition) is 6. The molecule has 0 bridgehead atoms. The lowest BCUT2D eigenvalue weighted by molar-refractivity contribution is -0.386. The highest BCUT2D eigenvalue weighted by Gasteiger charge is 2.20. The fourth-order valence-corrected chi connectivity index (χ4v) is 2.31. The smallest absolute Gasteiger partial charge is 0.371 e. The number of furan rings is 1. The van der Waals surface area contributed by atoms with E-state index in [1.54, 1.807) is 0 Å². The van der Waals surface area contributed by atoms with Crippen molar-refractivity contribution >= 4 is 23.4 Å². The number of carboxylic acids is 1. The monoisotopic (exact) mass is 313 g/mol. The molecule has 0 fully saturated rings. The number of methoxy groups -OCH3 is 1. The van der Waals surface area contributed by atoms with Gasteiger partial charge in [-0.05, 0) is 23.9 Å². The summed E-state index contributed by atoms with van der Waals surface area (Å²) in [7, 11) is 1.23. The number of carboxylic acid groups (broad SMARTS) is 1. The van der Waals surface area contributed by atoms with E-state index >= 15 is 0 Å². The van der Waals surface area contributed by atoms with E-state index < -0.39 is 22.4 Å². The van der Waals surface area contributed by atoms with Crippen molar-refractivity contribution in [1.82, 2.24) is 0 Å². The largest absolute Gasteiger partial charge is 0.490 e. The van der Waals surface area contributed by atoms with Crippen LogP contribution in [0, 0.1) is 15.9 Å². The molecule has 0 unspecified atom stereocenters. The van der Waals surface area contributed by atoms with Gasteiger partial charge in [0.15, 0.2) is 10.8 Å². The van der Waals surface area contributed by atoms with Crippen molar-refractivity contribution in [2.24, 2.45) is 0 Å². The van der Waals surface area contributed by atoms with Gasteiger partial charge in [-0.3, -0.25) is 10.1 Å². The number of aromatic carboxylic acids is 1. The third kappa shape index (κ3) is 3.14. The lowest BCUT2D eigenvalue weighted by atomic mass is 10.3. The first-order valence-electron chi connectivity index (χ1n) is 5.45. The molecule has 2 aromatic rings. The topological polar surface area (TPSA) is 103 Å². The van der Waals surface area contributed by atoms with E-state index in [1.165, 1.54) is 19.2 Å². The zero-order valence-corrected chi connectivity index (χ0v) is 11.3. The second kappa shape index (κ2) is 5.83. The lowest BCUT2D eigenvalue weighted by Gasteiger charge is -2.05. The maximum Gasteiger partial charge on any atom is 0.371 e. The molecule has 1 N–H and O–H groups in total. The third-order valence-electron chi connectivity index (χ3n) is 2.43. The number of hydrogen-bond donors (Lipinski definition) is 1. The maximum atomic E-state index is 13.8. The van der Waals surface area contributed by atoms with Gasteiger partial charge in [0, 0.05) is 6.07 Å². The SMILES string of the molecule is COc1cc(Sc2ccc(C(=O)O)o2)c(F)cc1[N+](=O)[O-]. The Hall–Kier alpha value is -2.55. The van der Waals surface area contributed by atoms with Crippen molar-refractivity contribution in [2.45, 2.75) is 9.99 Å². The van der Waals surface area contributed by atoms with Crippen LogP contribution in [-0.2, 0) is 0 Å². The number of benzene rings is 1. The van der Waals surface area contributed by atoms with Gasteiger partial charge in [-0.25, -0.2) is 9.18 Å². The molecule has 0 amide bonds. The summed E-state index contributed by atoms with van der Waals surface area (Å²) in [4.78, 5) is 20.7. The second-order valence-corrected chi connectivity index (χ2v) is 4.78. The second-order valence-electron chi connectivity index (χ2n) is 3.74. The summed E-state index contributed by atoms with van der Waals surface area (Å²) >= 11 is 0.795.